The van der Waals surface area contributed by atoms with E-state index in [9.17, 15) is 4.79 Å². The van der Waals surface area contributed by atoms with Gasteiger partial charge in [0.1, 0.15) is 0 Å². The number of carbonyl (C=O) groups is 1. The van der Waals surface area contributed by atoms with Gasteiger partial charge in [-0.05, 0) is 51.3 Å². The van der Waals surface area contributed by atoms with Crippen molar-refractivity contribution in [3.8, 4) is 0 Å². The number of amides is 1. The van der Waals surface area contributed by atoms with E-state index in [0.29, 0.717) is 5.92 Å². The van der Waals surface area contributed by atoms with Crippen LogP contribution in [0.4, 0.5) is 0 Å². The monoisotopic (exact) mass is 351 g/mol. The minimum absolute atomic E-state index is 0. The third-order valence-electron chi connectivity index (χ3n) is 5.54. The van der Waals surface area contributed by atoms with Gasteiger partial charge in [-0.15, -0.1) is 12.4 Å². The summed E-state index contributed by atoms with van der Waals surface area (Å²) in [5.41, 5.74) is 1.14. The van der Waals surface area contributed by atoms with E-state index < -0.39 is 0 Å². The highest BCUT2D eigenvalue weighted by Crippen LogP contribution is 2.26. The Bertz CT molecular complexity index is 531. The van der Waals surface area contributed by atoms with Crippen LogP contribution in [0.25, 0.3) is 0 Å². The predicted octanol–water partition coefficient (Wildman–Crippen LogP) is 2.43. The van der Waals surface area contributed by atoms with Crippen molar-refractivity contribution in [2.75, 3.05) is 26.2 Å². The molecule has 4 nitrogen and oxygen atoms in total. The number of hydrogen-bond acceptors (Lipinski definition) is 3. The molecule has 2 fully saturated rings. The van der Waals surface area contributed by atoms with Gasteiger partial charge in [0.25, 0.3) is 0 Å². The summed E-state index contributed by atoms with van der Waals surface area (Å²) >= 11 is 0. The van der Waals surface area contributed by atoms with Gasteiger partial charge in [0, 0.05) is 25.7 Å². The van der Waals surface area contributed by atoms with Crippen molar-refractivity contribution in [3.63, 3.8) is 0 Å². The highest BCUT2D eigenvalue weighted by atomic mass is 35.5. The Labute approximate surface area is 151 Å². The molecule has 134 valence electrons. The van der Waals surface area contributed by atoms with E-state index in [4.69, 9.17) is 0 Å². The van der Waals surface area contributed by atoms with Crippen LogP contribution in [-0.4, -0.2) is 43.0 Å². The first-order valence-corrected chi connectivity index (χ1v) is 8.85. The molecule has 1 aromatic rings. The summed E-state index contributed by atoms with van der Waals surface area (Å²) in [5.74, 6) is 0.775. The summed E-state index contributed by atoms with van der Waals surface area (Å²) in [5, 5.41) is 6.58. The number of carbonyl (C=O) groups excluding carboxylic acids is 1. The molecule has 3 atom stereocenters. The smallest absolute Gasteiger partial charge is 0.227 e. The second-order valence-corrected chi connectivity index (χ2v) is 7.52. The van der Waals surface area contributed by atoms with Gasteiger partial charge < -0.3 is 10.6 Å². The summed E-state index contributed by atoms with van der Waals surface area (Å²) < 4.78 is 0. The summed E-state index contributed by atoms with van der Waals surface area (Å²) in [6.07, 6.45) is 2.11. The summed E-state index contributed by atoms with van der Waals surface area (Å²) in [6, 6.07) is 10.9. The van der Waals surface area contributed by atoms with Gasteiger partial charge in [-0.2, -0.15) is 0 Å². The lowest BCUT2D eigenvalue weighted by molar-refractivity contribution is -0.130. The van der Waals surface area contributed by atoms with E-state index >= 15 is 0 Å². The summed E-state index contributed by atoms with van der Waals surface area (Å²) in [4.78, 5) is 15.0. The molecule has 0 aromatic heterocycles. The number of benzene rings is 1. The molecule has 3 unspecified atom stereocenters. The zero-order chi connectivity index (χ0) is 16.3. The molecule has 2 saturated heterocycles. The minimum Gasteiger partial charge on any atom is -0.353 e. The fourth-order valence-corrected chi connectivity index (χ4v) is 3.77. The minimum atomic E-state index is -0.226. The van der Waals surface area contributed by atoms with Crippen LogP contribution in [0.5, 0.6) is 0 Å². The Kier molecular flexibility index (Phi) is 6.67. The fourth-order valence-electron chi connectivity index (χ4n) is 3.77. The Hall–Kier alpha value is -1.10. The van der Waals surface area contributed by atoms with E-state index in [-0.39, 0.29) is 29.8 Å². The Morgan fingerprint density at radius 2 is 2.17 bits per heavy atom. The number of hydrogen-bond donors (Lipinski definition) is 2. The molecule has 1 amide bonds. The van der Waals surface area contributed by atoms with Crippen molar-refractivity contribution in [2.24, 2.45) is 11.3 Å². The van der Waals surface area contributed by atoms with Crippen LogP contribution >= 0.6 is 12.4 Å². The maximum atomic E-state index is 12.5. The van der Waals surface area contributed by atoms with E-state index in [0.717, 1.165) is 39.1 Å². The van der Waals surface area contributed by atoms with Gasteiger partial charge in [-0.25, -0.2) is 0 Å². The number of nitrogens with one attached hydrogen (secondary N) is 2. The lowest BCUT2D eigenvalue weighted by atomic mass is 9.88. The average molecular weight is 352 g/mol. The Morgan fingerprint density at radius 1 is 1.42 bits per heavy atom. The van der Waals surface area contributed by atoms with Crippen LogP contribution in [0.2, 0.25) is 0 Å². The highest BCUT2D eigenvalue weighted by Gasteiger charge is 2.38. The molecule has 1 aromatic carbocycles. The van der Waals surface area contributed by atoms with Crippen molar-refractivity contribution in [2.45, 2.75) is 39.3 Å². The highest BCUT2D eigenvalue weighted by molar-refractivity contribution is 5.85. The third-order valence-corrected chi connectivity index (χ3v) is 5.54. The second-order valence-electron chi connectivity index (χ2n) is 7.52. The lowest BCUT2D eigenvalue weighted by Gasteiger charge is -2.27. The molecule has 2 aliphatic rings. The van der Waals surface area contributed by atoms with Crippen molar-refractivity contribution in [3.05, 3.63) is 35.9 Å². The molecule has 0 aliphatic carbocycles. The standard InChI is InChI=1S/C19H29N3O.ClH/c1-15(21-18(23)19(2)9-10-20-14-19)17-8-11-22(13-17)12-16-6-4-3-5-7-16;/h3-7,15,17,20H,8-14H2,1-2H3,(H,21,23);1H. The maximum absolute atomic E-state index is 12.5. The van der Waals surface area contributed by atoms with E-state index in [1.165, 1.54) is 12.0 Å². The van der Waals surface area contributed by atoms with Crippen molar-refractivity contribution in [1.82, 2.24) is 15.5 Å². The zero-order valence-electron chi connectivity index (χ0n) is 14.8. The molecule has 0 bridgehead atoms. The van der Waals surface area contributed by atoms with Gasteiger partial charge in [-0.3, -0.25) is 9.69 Å². The van der Waals surface area contributed by atoms with Crippen molar-refractivity contribution >= 4 is 18.3 Å². The first-order chi connectivity index (χ1) is 11.1. The number of rotatable bonds is 5. The normalized spacial score (nSPS) is 28.3. The van der Waals surface area contributed by atoms with Gasteiger partial charge in [-0.1, -0.05) is 30.3 Å². The maximum Gasteiger partial charge on any atom is 0.227 e. The van der Waals surface area contributed by atoms with E-state index in [2.05, 4.69) is 59.7 Å². The van der Waals surface area contributed by atoms with Crippen LogP contribution < -0.4 is 10.6 Å². The second kappa shape index (κ2) is 8.32. The number of likely N-dealkylation sites (tertiary alicyclic amines) is 1. The quantitative estimate of drug-likeness (QED) is 0.856. The molecule has 0 radical (unpaired) electrons. The SMILES string of the molecule is CC(NC(=O)C1(C)CCNC1)C1CCN(Cc2ccccc2)C1.Cl. The van der Waals surface area contributed by atoms with Crippen LogP contribution in [0.1, 0.15) is 32.3 Å². The topological polar surface area (TPSA) is 44.4 Å². The molecule has 2 N–H and O–H groups in total. The van der Waals surface area contributed by atoms with Crippen LogP contribution in [-0.2, 0) is 11.3 Å². The van der Waals surface area contributed by atoms with Crippen molar-refractivity contribution in [1.29, 1.82) is 0 Å². The van der Waals surface area contributed by atoms with Crippen LogP contribution in [0.15, 0.2) is 30.3 Å². The van der Waals surface area contributed by atoms with Gasteiger partial charge >= 0.3 is 0 Å². The van der Waals surface area contributed by atoms with Crippen molar-refractivity contribution < 1.29 is 4.79 Å². The third kappa shape index (κ3) is 4.50. The van der Waals surface area contributed by atoms with Gasteiger partial charge in [0.05, 0.1) is 5.41 Å². The summed E-state index contributed by atoms with van der Waals surface area (Å²) in [7, 11) is 0. The molecule has 2 heterocycles. The molecular formula is C19H30ClN3O. The Morgan fingerprint density at radius 3 is 2.83 bits per heavy atom. The molecule has 0 saturated carbocycles. The van der Waals surface area contributed by atoms with Crippen LogP contribution in [0.3, 0.4) is 0 Å². The molecule has 5 heteroatoms. The molecule has 3 rings (SSSR count). The first kappa shape index (κ1) is 19.2. The molecular weight excluding hydrogens is 322 g/mol. The molecule has 2 aliphatic heterocycles. The van der Waals surface area contributed by atoms with E-state index in [1.807, 2.05) is 0 Å². The lowest BCUT2D eigenvalue weighted by Crippen LogP contribution is -2.47. The van der Waals surface area contributed by atoms with Gasteiger partial charge in [0.2, 0.25) is 5.91 Å². The largest absolute Gasteiger partial charge is 0.353 e. The van der Waals surface area contributed by atoms with E-state index in [1.54, 1.807) is 0 Å². The summed E-state index contributed by atoms with van der Waals surface area (Å²) in [6.45, 7) is 9.21. The average Bonchev–Trinajstić information content (AvgIpc) is 3.18. The van der Waals surface area contributed by atoms with Gasteiger partial charge in [0.15, 0.2) is 0 Å². The predicted molar refractivity (Wildman–Crippen MR) is 100 cm³/mol. The molecule has 0 spiro atoms. The van der Waals surface area contributed by atoms with Crippen LogP contribution in [0, 0.1) is 11.3 Å². The number of nitrogens with zero attached hydrogens (tertiary/aromatic N) is 1. The first-order valence-electron chi connectivity index (χ1n) is 8.85. The zero-order valence-corrected chi connectivity index (χ0v) is 15.6. The number of halogens is 1. The fraction of sp³-hybridized carbons (Fsp3) is 0.632. The Balaban J connectivity index is 0.00000208. The molecule has 24 heavy (non-hydrogen) atoms.